The molecule has 20 heavy (non-hydrogen) atoms. The highest BCUT2D eigenvalue weighted by Gasteiger charge is 2.61. The molecule has 1 saturated heterocycles. The third kappa shape index (κ3) is 1.79. The lowest BCUT2D eigenvalue weighted by molar-refractivity contribution is -0.125. The van der Waals surface area contributed by atoms with Crippen LogP contribution < -0.4 is 4.90 Å². The minimum atomic E-state index is -0.869. The topological polar surface area (TPSA) is 69.9 Å². The van der Waals surface area contributed by atoms with E-state index in [1.807, 2.05) is 6.92 Å². The molecule has 1 saturated carbocycles. The van der Waals surface area contributed by atoms with Gasteiger partial charge in [0.25, 0.3) is 0 Å². The largest absolute Gasteiger partial charge is 0.295 e. The molecule has 1 amide bonds. The number of rotatable bonds is 3. The monoisotopic (exact) mass is 290 g/mol. The van der Waals surface area contributed by atoms with Crippen molar-refractivity contribution in [3.63, 3.8) is 0 Å². The molecule has 0 radical (unpaired) electrons. The summed E-state index contributed by atoms with van der Waals surface area (Å²) in [5, 5.41) is 9.78. The minimum absolute atomic E-state index is 0.0567. The molecule has 6 heteroatoms. The van der Waals surface area contributed by atoms with Crippen LogP contribution in [0.15, 0.2) is 12.3 Å². The summed E-state index contributed by atoms with van der Waals surface area (Å²) in [5.41, 5.74) is -0.869. The Balaban J connectivity index is 2.00. The highest BCUT2D eigenvalue weighted by molar-refractivity contribution is 6.28. The van der Waals surface area contributed by atoms with Gasteiger partial charge in [-0.15, -0.1) is 0 Å². The Morgan fingerprint density at radius 2 is 2.35 bits per heavy atom. The van der Waals surface area contributed by atoms with Gasteiger partial charge in [0.2, 0.25) is 11.2 Å². The van der Waals surface area contributed by atoms with E-state index < -0.39 is 5.41 Å². The normalized spacial score (nSPS) is 29.6. The first-order chi connectivity index (χ1) is 9.63. The number of amides is 1. The molecule has 2 fully saturated rings. The number of anilines is 1. The van der Waals surface area contributed by atoms with Crippen molar-refractivity contribution in [3.05, 3.63) is 17.5 Å². The molecule has 0 bridgehead atoms. The van der Waals surface area contributed by atoms with E-state index in [0.717, 1.165) is 19.3 Å². The Morgan fingerprint density at radius 1 is 1.60 bits per heavy atom. The zero-order valence-corrected chi connectivity index (χ0v) is 12.0. The SMILES string of the molecule is CC[C@H]1CN(c2ccnc(Cl)n2)C(=O)[C@]1(C#N)C1CC1. The van der Waals surface area contributed by atoms with Crippen molar-refractivity contribution in [2.24, 2.45) is 17.3 Å². The molecule has 0 spiro atoms. The van der Waals surface area contributed by atoms with Gasteiger partial charge in [-0.3, -0.25) is 9.69 Å². The molecule has 2 aliphatic rings. The number of carbonyl (C=O) groups excluding carboxylic acids is 1. The van der Waals surface area contributed by atoms with E-state index in [-0.39, 0.29) is 23.0 Å². The Labute approximate surface area is 122 Å². The van der Waals surface area contributed by atoms with Crippen molar-refractivity contribution < 1.29 is 4.79 Å². The van der Waals surface area contributed by atoms with Crippen LogP contribution in [0, 0.1) is 28.6 Å². The van der Waals surface area contributed by atoms with Crippen molar-refractivity contribution in [1.82, 2.24) is 9.97 Å². The summed E-state index contributed by atoms with van der Waals surface area (Å²) in [6.45, 7) is 2.57. The number of nitriles is 1. The fraction of sp³-hybridized carbons (Fsp3) is 0.571. The van der Waals surface area contributed by atoms with E-state index in [0.29, 0.717) is 12.4 Å². The van der Waals surface area contributed by atoms with Crippen molar-refractivity contribution in [2.75, 3.05) is 11.4 Å². The van der Waals surface area contributed by atoms with Crippen LogP contribution in [0.25, 0.3) is 0 Å². The second-order valence-electron chi connectivity index (χ2n) is 5.46. The van der Waals surface area contributed by atoms with Gasteiger partial charge in [-0.2, -0.15) is 5.26 Å². The highest BCUT2D eigenvalue weighted by atomic mass is 35.5. The van der Waals surface area contributed by atoms with Crippen LogP contribution in [0.2, 0.25) is 5.28 Å². The second-order valence-corrected chi connectivity index (χ2v) is 5.80. The Kier molecular flexibility index (Phi) is 3.14. The quantitative estimate of drug-likeness (QED) is 0.802. The van der Waals surface area contributed by atoms with Crippen molar-refractivity contribution in [2.45, 2.75) is 26.2 Å². The molecule has 1 aromatic rings. The number of hydrogen-bond donors (Lipinski definition) is 0. The average molecular weight is 291 g/mol. The molecule has 5 nitrogen and oxygen atoms in total. The maximum absolute atomic E-state index is 12.8. The number of halogens is 1. The standard InChI is InChI=1S/C14H15ClN4O/c1-2-9-7-19(11-5-6-17-13(15)18-11)12(20)14(9,8-16)10-3-4-10/h5-6,9-10H,2-4,7H2,1H3/t9-,14-/m0/s1. The van der Waals surface area contributed by atoms with Gasteiger partial charge in [0.05, 0.1) is 6.07 Å². The number of aromatic nitrogens is 2. The summed E-state index contributed by atoms with van der Waals surface area (Å²) in [6, 6.07) is 4.00. The summed E-state index contributed by atoms with van der Waals surface area (Å²) in [4.78, 5) is 22.4. The number of nitrogens with zero attached hydrogens (tertiary/aromatic N) is 4. The molecular weight excluding hydrogens is 276 g/mol. The summed E-state index contributed by atoms with van der Waals surface area (Å²) in [6.07, 6.45) is 4.27. The zero-order valence-electron chi connectivity index (χ0n) is 11.2. The summed E-state index contributed by atoms with van der Waals surface area (Å²) in [7, 11) is 0. The summed E-state index contributed by atoms with van der Waals surface area (Å²) in [5.74, 6) is 0.629. The molecular formula is C14H15ClN4O. The first-order valence-corrected chi connectivity index (χ1v) is 7.23. The maximum Gasteiger partial charge on any atom is 0.249 e. The Morgan fingerprint density at radius 3 is 2.90 bits per heavy atom. The zero-order chi connectivity index (χ0) is 14.3. The third-order valence-electron chi connectivity index (χ3n) is 4.43. The molecule has 1 aromatic heterocycles. The van der Waals surface area contributed by atoms with Gasteiger partial charge < -0.3 is 0 Å². The lowest BCUT2D eigenvalue weighted by atomic mass is 9.73. The Bertz CT molecular complexity index is 595. The van der Waals surface area contributed by atoms with Gasteiger partial charge >= 0.3 is 0 Å². The van der Waals surface area contributed by atoms with Crippen molar-refractivity contribution in [3.8, 4) is 6.07 Å². The number of hydrogen-bond acceptors (Lipinski definition) is 4. The lowest BCUT2D eigenvalue weighted by Crippen LogP contribution is -2.37. The highest BCUT2D eigenvalue weighted by Crippen LogP contribution is 2.55. The molecule has 1 aliphatic carbocycles. The smallest absolute Gasteiger partial charge is 0.249 e. The molecule has 2 heterocycles. The van der Waals surface area contributed by atoms with Gasteiger partial charge in [0, 0.05) is 18.7 Å². The second kappa shape index (κ2) is 4.71. The van der Waals surface area contributed by atoms with Gasteiger partial charge in [-0.1, -0.05) is 6.92 Å². The molecule has 2 atom stereocenters. The minimum Gasteiger partial charge on any atom is -0.295 e. The maximum atomic E-state index is 12.8. The molecule has 0 N–H and O–H groups in total. The summed E-state index contributed by atoms with van der Waals surface area (Å²) >= 11 is 5.80. The molecule has 104 valence electrons. The van der Waals surface area contributed by atoms with E-state index in [2.05, 4.69) is 16.0 Å². The first-order valence-electron chi connectivity index (χ1n) is 6.85. The Hall–Kier alpha value is -1.67. The predicted molar refractivity (Wildman–Crippen MR) is 73.9 cm³/mol. The first kappa shape index (κ1) is 13.3. The van der Waals surface area contributed by atoms with E-state index in [1.165, 1.54) is 6.20 Å². The van der Waals surface area contributed by atoms with Gasteiger partial charge in [0.15, 0.2) is 0 Å². The van der Waals surface area contributed by atoms with Crippen LogP contribution >= 0.6 is 11.6 Å². The van der Waals surface area contributed by atoms with Crippen molar-refractivity contribution in [1.29, 1.82) is 5.26 Å². The van der Waals surface area contributed by atoms with E-state index >= 15 is 0 Å². The fourth-order valence-corrected chi connectivity index (χ4v) is 3.39. The van der Waals surface area contributed by atoms with Crippen LogP contribution in [0.5, 0.6) is 0 Å². The fourth-order valence-electron chi connectivity index (χ4n) is 3.25. The van der Waals surface area contributed by atoms with Crippen LogP contribution in [0.1, 0.15) is 26.2 Å². The van der Waals surface area contributed by atoms with Crippen LogP contribution in [-0.2, 0) is 4.79 Å². The van der Waals surface area contributed by atoms with E-state index in [9.17, 15) is 10.1 Å². The van der Waals surface area contributed by atoms with Gasteiger partial charge in [-0.25, -0.2) is 9.97 Å². The van der Waals surface area contributed by atoms with E-state index in [4.69, 9.17) is 11.6 Å². The molecule has 0 unspecified atom stereocenters. The van der Waals surface area contributed by atoms with Crippen LogP contribution in [0.3, 0.4) is 0 Å². The average Bonchev–Trinajstić information content (AvgIpc) is 3.24. The van der Waals surface area contributed by atoms with Crippen molar-refractivity contribution >= 4 is 23.3 Å². The molecule has 0 aromatic carbocycles. The third-order valence-corrected chi connectivity index (χ3v) is 4.62. The van der Waals surface area contributed by atoms with E-state index in [1.54, 1.807) is 11.0 Å². The predicted octanol–water partition coefficient (Wildman–Crippen LogP) is 2.42. The summed E-state index contributed by atoms with van der Waals surface area (Å²) < 4.78 is 0. The van der Waals surface area contributed by atoms with Gasteiger partial charge in [0.1, 0.15) is 11.2 Å². The van der Waals surface area contributed by atoms with Crippen LogP contribution in [-0.4, -0.2) is 22.4 Å². The number of carbonyl (C=O) groups is 1. The molecule has 3 rings (SSSR count). The lowest BCUT2D eigenvalue weighted by Gasteiger charge is -2.24. The van der Waals surface area contributed by atoms with Crippen LogP contribution in [0.4, 0.5) is 5.82 Å². The van der Waals surface area contributed by atoms with Gasteiger partial charge in [-0.05, 0) is 42.8 Å². The molecule has 1 aliphatic heterocycles.